The molecule has 1 amide bonds. The number of anilines is 1. The van der Waals surface area contributed by atoms with Crippen molar-refractivity contribution in [2.75, 3.05) is 18.7 Å². The Morgan fingerprint density at radius 3 is 2.45 bits per heavy atom. The summed E-state index contributed by atoms with van der Waals surface area (Å²) in [6.45, 7) is 5.54. The van der Waals surface area contributed by atoms with Crippen molar-refractivity contribution >= 4 is 35.3 Å². The highest BCUT2D eigenvalue weighted by atomic mass is 35.5. The first-order valence-electron chi connectivity index (χ1n) is 6.41. The third-order valence-corrected chi connectivity index (χ3v) is 3.11. The zero-order chi connectivity index (χ0) is 15.1. The maximum Gasteiger partial charge on any atom is 0.225 e. The first-order valence-corrected chi connectivity index (χ1v) is 6.79. The van der Waals surface area contributed by atoms with Crippen LogP contribution in [0.15, 0.2) is 24.3 Å². The van der Waals surface area contributed by atoms with Crippen LogP contribution < -0.4 is 4.90 Å². The summed E-state index contributed by atoms with van der Waals surface area (Å²) in [5, 5.41) is 0.605. The van der Waals surface area contributed by atoms with Crippen LogP contribution in [-0.2, 0) is 9.53 Å². The molecule has 108 valence electrons. The number of benzene rings is 1. The quantitative estimate of drug-likeness (QED) is 0.755. The van der Waals surface area contributed by atoms with Crippen LogP contribution in [0, 0.1) is 0 Å². The molecular formula is C16H20ClNO2. The van der Waals surface area contributed by atoms with Gasteiger partial charge in [0.1, 0.15) is 6.73 Å². The minimum atomic E-state index is -0.0920. The first kappa shape index (κ1) is 16.5. The predicted octanol–water partition coefficient (Wildman–Crippen LogP) is 4.36. The lowest BCUT2D eigenvalue weighted by atomic mass is 10.0. The van der Waals surface area contributed by atoms with Gasteiger partial charge in [-0.25, -0.2) is 0 Å². The zero-order valence-electron chi connectivity index (χ0n) is 12.3. The summed E-state index contributed by atoms with van der Waals surface area (Å²) in [6, 6.07) is 3.73. The predicted molar refractivity (Wildman–Crippen MR) is 85.9 cm³/mol. The van der Waals surface area contributed by atoms with Gasteiger partial charge in [-0.2, -0.15) is 0 Å². The van der Waals surface area contributed by atoms with Gasteiger partial charge in [-0.15, -0.1) is 0 Å². The van der Waals surface area contributed by atoms with Gasteiger partial charge in [0.15, 0.2) is 0 Å². The van der Waals surface area contributed by atoms with E-state index in [-0.39, 0.29) is 12.6 Å². The number of hydrogen-bond donors (Lipinski definition) is 0. The Bertz CT molecular complexity index is 536. The molecule has 0 unspecified atom stereocenters. The van der Waals surface area contributed by atoms with Crippen LogP contribution in [0.25, 0.3) is 12.2 Å². The highest BCUT2D eigenvalue weighted by molar-refractivity contribution is 6.32. The van der Waals surface area contributed by atoms with Gasteiger partial charge in [0, 0.05) is 24.6 Å². The van der Waals surface area contributed by atoms with Crippen molar-refractivity contribution in [2.45, 2.75) is 20.8 Å². The average Bonchev–Trinajstić information content (AvgIpc) is 2.41. The molecule has 0 saturated heterocycles. The van der Waals surface area contributed by atoms with E-state index in [1.54, 1.807) is 12.0 Å². The van der Waals surface area contributed by atoms with Crippen LogP contribution in [0.2, 0.25) is 5.02 Å². The highest BCUT2D eigenvalue weighted by Gasteiger charge is 2.19. The number of halogens is 1. The smallest absolute Gasteiger partial charge is 0.225 e. The molecule has 0 spiro atoms. The molecule has 0 bridgehead atoms. The van der Waals surface area contributed by atoms with Crippen molar-refractivity contribution < 1.29 is 9.53 Å². The summed E-state index contributed by atoms with van der Waals surface area (Å²) in [5.41, 5.74) is 2.51. The molecule has 1 aromatic rings. The van der Waals surface area contributed by atoms with Gasteiger partial charge in [-0.1, -0.05) is 42.0 Å². The lowest BCUT2D eigenvalue weighted by Gasteiger charge is -2.25. The number of hydrogen-bond acceptors (Lipinski definition) is 2. The summed E-state index contributed by atoms with van der Waals surface area (Å²) < 4.78 is 5.14. The molecule has 0 aliphatic carbocycles. The van der Waals surface area contributed by atoms with E-state index in [4.69, 9.17) is 16.3 Å². The number of amides is 1. The fourth-order valence-corrected chi connectivity index (χ4v) is 2.20. The van der Waals surface area contributed by atoms with Gasteiger partial charge in [-0.3, -0.25) is 9.69 Å². The van der Waals surface area contributed by atoms with Crippen LogP contribution in [-0.4, -0.2) is 19.7 Å². The van der Waals surface area contributed by atoms with E-state index in [0.29, 0.717) is 5.02 Å². The first-order chi connectivity index (χ1) is 9.56. The van der Waals surface area contributed by atoms with Gasteiger partial charge in [0.25, 0.3) is 0 Å². The van der Waals surface area contributed by atoms with Gasteiger partial charge >= 0.3 is 0 Å². The SMILES string of the molecule is C/C=C\c1ccc(Cl)c(/C=C\C)c1N(COC)C(C)=O. The van der Waals surface area contributed by atoms with Crippen molar-refractivity contribution in [3.63, 3.8) is 0 Å². The number of nitrogens with zero attached hydrogens (tertiary/aromatic N) is 1. The minimum Gasteiger partial charge on any atom is -0.364 e. The standard InChI is InChI=1S/C16H20ClNO2/c1-5-7-13-9-10-15(17)14(8-6-2)16(13)18(11-20-4)12(3)19/h5-10H,11H2,1-4H3/b7-5-,8-6-. The Morgan fingerprint density at radius 1 is 1.30 bits per heavy atom. The number of carbonyl (C=O) groups excluding carboxylic acids is 1. The molecule has 0 radical (unpaired) electrons. The number of rotatable bonds is 5. The molecule has 0 fully saturated rings. The van der Waals surface area contributed by atoms with Crippen molar-refractivity contribution in [1.29, 1.82) is 0 Å². The molecule has 1 rings (SSSR count). The molecule has 4 heteroatoms. The van der Waals surface area contributed by atoms with Crippen LogP contribution in [0.4, 0.5) is 5.69 Å². The van der Waals surface area contributed by atoms with Crippen LogP contribution >= 0.6 is 11.6 Å². The second kappa shape index (κ2) is 7.88. The topological polar surface area (TPSA) is 29.5 Å². The number of methoxy groups -OCH3 is 1. The van der Waals surface area contributed by atoms with Crippen molar-refractivity contribution in [1.82, 2.24) is 0 Å². The summed E-state index contributed by atoms with van der Waals surface area (Å²) >= 11 is 6.28. The molecular weight excluding hydrogens is 274 g/mol. The highest BCUT2D eigenvalue weighted by Crippen LogP contribution is 2.34. The zero-order valence-corrected chi connectivity index (χ0v) is 13.1. The Balaban J connectivity index is 3.59. The Hall–Kier alpha value is -1.58. The molecule has 0 aromatic heterocycles. The molecule has 20 heavy (non-hydrogen) atoms. The fourth-order valence-electron chi connectivity index (χ4n) is 1.98. The number of allylic oxidation sites excluding steroid dienone is 2. The van der Waals surface area contributed by atoms with Crippen LogP contribution in [0.1, 0.15) is 31.9 Å². The molecule has 0 aliphatic rings. The third kappa shape index (κ3) is 3.71. The molecule has 1 aromatic carbocycles. The Morgan fingerprint density at radius 2 is 1.95 bits per heavy atom. The van der Waals surface area contributed by atoms with Gasteiger partial charge in [-0.05, 0) is 25.5 Å². The molecule has 0 aliphatic heterocycles. The minimum absolute atomic E-state index is 0.0920. The lowest BCUT2D eigenvalue weighted by molar-refractivity contribution is -0.117. The largest absolute Gasteiger partial charge is 0.364 e. The molecule has 0 atom stereocenters. The average molecular weight is 294 g/mol. The van der Waals surface area contributed by atoms with E-state index in [1.807, 2.05) is 50.3 Å². The summed E-state index contributed by atoms with van der Waals surface area (Å²) in [5.74, 6) is -0.0920. The van der Waals surface area contributed by atoms with E-state index in [0.717, 1.165) is 16.8 Å². The van der Waals surface area contributed by atoms with Gasteiger partial charge in [0.05, 0.1) is 5.69 Å². The van der Waals surface area contributed by atoms with Crippen LogP contribution in [0.3, 0.4) is 0 Å². The van der Waals surface area contributed by atoms with Crippen molar-refractivity contribution in [3.05, 3.63) is 40.4 Å². The lowest BCUT2D eigenvalue weighted by Crippen LogP contribution is -2.31. The Kier molecular flexibility index (Phi) is 6.49. The fraction of sp³-hybridized carbons (Fsp3) is 0.312. The van der Waals surface area contributed by atoms with E-state index in [2.05, 4.69) is 0 Å². The van der Waals surface area contributed by atoms with Gasteiger partial charge < -0.3 is 4.74 Å². The molecule has 0 saturated carbocycles. The third-order valence-electron chi connectivity index (χ3n) is 2.78. The monoisotopic (exact) mass is 293 g/mol. The number of ether oxygens (including phenoxy) is 1. The summed E-state index contributed by atoms with van der Waals surface area (Å²) in [4.78, 5) is 13.5. The molecule has 0 N–H and O–H groups in total. The molecule has 3 nitrogen and oxygen atoms in total. The second-order valence-electron chi connectivity index (χ2n) is 4.26. The summed E-state index contributed by atoms with van der Waals surface area (Å²) in [6.07, 6.45) is 7.67. The van der Waals surface area contributed by atoms with E-state index in [9.17, 15) is 4.79 Å². The van der Waals surface area contributed by atoms with E-state index in [1.165, 1.54) is 6.92 Å². The maximum absolute atomic E-state index is 11.9. The van der Waals surface area contributed by atoms with E-state index >= 15 is 0 Å². The van der Waals surface area contributed by atoms with Crippen molar-refractivity contribution in [2.24, 2.45) is 0 Å². The van der Waals surface area contributed by atoms with Gasteiger partial charge in [0.2, 0.25) is 5.91 Å². The molecule has 0 heterocycles. The second-order valence-corrected chi connectivity index (χ2v) is 4.67. The van der Waals surface area contributed by atoms with Crippen molar-refractivity contribution in [3.8, 4) is 0 Å². The summed E-state index contributed by atoms with van der Waals surface area (Å²) in [7, 11) is 1.56. The Labute approximate surface area is 125 Å². The number of carbonyl (C=O) groups is 1. The van der Waals surface area contributed by atoms with E-state index < -0.39 is 0 Å². The van der Waals surface area contributed by atoms with Crippen LogP contribution in [0.5, 0.6) is 0 Å². The maximum atomic E-state index is 11.9. The normalized spacial score (nSPS) is 11.4.